The lowest BCUT2D eigenvalue weighted by Crippen LogP contribution is -2.21. The summed E-state index contributed by atoms with van der Waals surface area (Å²) in [4.78, 5) is 23.5. The van der Waals surface area contributed by atoms with E-state index < -0.39 is 24.3 Å². The number of ether oxygens (including phenoxy) is 1. The Labute approximate surface area is 132 Å². The molecule has 6 heteroatoms. The Morgan fingerprint density at radius 1 is 1.26 bits per heavy atom. The van der Waals surface area contributed by atoms with Crippen LogP contribution in [0.15, 0.2) is 42.5 Å². The first kappa shape index (κ1) is 16.2. The molecule has 0 radical (unpaired) electrons. The molecule has 23 heavy (non-hydrogen) atoms. The number of anilines is 1. The van der Waals surface area contributed by atoms with E-state index in [1.165, 1.54) is 30.3 Å². The summed E-state index contributed by atoms with van der Waals surface area (Å²) in [6.07, 6.45) is 0. The minimum Gasteiger partial charge on any atom is -0.452 e. The summed E-state index contributed by atoms with van der Waals surface area (Å²) >= 11 is 0. The standard InChI is InChI=1S/C17H13FN2O3/c1-11-5-6-15(14(18)7-11)20-16(21)10-23-17(22)13-4-2-3-12(8-13)9-19/h2-8H,10H2,1H3,(H,20,21). The molecular weight excluding hydrogens is 299 g/mol. The van der Waals surface area contributed by atoms with Crippen LogP contribution in [0.5, 0.6) is 0 Å². The lowest BCUT2D eigenvalue weighted by atomic mass is 10.1. The fraction of sp³-hybridized carbons (Fsp3) is 0.118. The van der Waals surface area contributed by atoms with Crippen LogP contribution in [0.4, 0.5) is 10.1 Å². The Bertz CT molecular complexity index is 797. The molecule has 0 unspecified atom stereocenters. The smallest absolute Gasteiger partial charge is 0.338 e. The number of hydrogen-bond acceptors (Lipinski definition) is 4. The molecule has 0 spiro atoms. The number of amides is 1. The minimum absolute atomic E-state index is 0.0168. The maximum Gasteiger partial charge on any atom is 0.338 e. The van der Waals surface area contributed by atoms with Crippen LogP contribution >= 0.6 is 0 Å². The molecule has 0 atom stereocenters. The fourth-order valence-electron chi connectivity index (χ4n) is 1.84. The van der Waals surface area contributed by atoms with Crippen LogP contribution in [0.25, 0.3) is 0 Å². The van der Waals surface area contributed by atoms with Crippen molar-refractivity contribution in [2.45, 2.75) is 6.92 Å². The molecule has 2 aromatic rings. The second-order valence-electron chi connectivity index (χ2n) is 4.80. The zero-order valence-corrected chi connectivity index (χ0v) is 12.3. The Morgan fingerprint density at radius 2 is 2.04 bits per heavy atom. The van der Waals surface area contributed by atoms with Gasteiger partial charge >= 0.3 is 5.97 Å². The van der Waals surface area contributed by atoms with Crippen LogP contribution in [-0.4, -0.2) is 18.5 Å². The van der Waals surface area contributed by atoms with Crippen molar-refractivity contribution in [1.82, 2.24) is 0 Å². The quantitative estimate of drug-likeness (QED) is 0.880. The van der Waals surface area contributed by atoms with E-state index in [0.29, 0.717) is 5.56 Å². The highest BCUT2D eigenvalue weighted by atomic mass is 19.1. The number of hydrogen-bond donors (Lipinski definition) is 1. The highest BCUT2D eigenvalue weighted by molar-refractivity contribution is 5.95. The molecule has 0 saturated heterocycles. The van der Waals surface area contributed by atoms with Crippen molar-refractivity contribution in [3.05, 3.63) is 65.0 Å². The van der Waals surface area contributed by atoms with Crippen LogP contribution in [0.3, 0.4) is 0 Å². The van der Waals surface area contributed by atoms with Crippen LogP contribution in [-0.2, 0) is 9.53 Å². The Hall–Kier alpha value is -3.20. The molecule has 1 amide bonds. The third-order valence-electron chi connectivity index (χ3n) is 2.96. The van der Waals surface area contributed by atoms with E-state index in [1.807, 2.05) is 6.07 Å². The van der Waals surface area contributed by atoms with E-state index in [4.69, 9.17) is 10.00 Å². The largest absolute Gasteiger partial charge is 0.452 e. The number of nitriles is 1. The van der Waals surface area contributed by atoms with Gasteiger partial charge in [-0.3, -0.25) is 4.79 Å². The van der Waals surface area contributed by atoms with Crippen LogP contribution < -0.4 is 5.32 Å². The zero-order chi connectivity index (χ0) is 16.8. The average Bonchev–Trinajstić information content (AvgIpc) is 2.55. The summed E-state index contributed by atoms with van der Waals surface area (Å²) in [5.74, 6) is -1.95. The number of rotatable bonds is 4. The molecule has 0 saturated carbocycles. The molecule has 1 N–H and O–H groups in total. The molecule has 0 aliphatic heterocycles. The first-order chi connectivity index (χ1) is 11.0. The van der Waals surface area contributed by atoms with E-state index in [0.717, 1.165) is 5.56 Å². The maximum absolute atomic E-state index is 13.6. The number of benzene rings is 2. The minimum atomic E-state index is -0.735. The van der Waals surface area contributed by atoms with Gasteiger partial charge in [0.2, 0.25) is 0 Å². The predicted octanol–water partition coefficient (Wildman–Crippen LogP) is 2.80. The number of carbonyl (C=O) groups excluding carboxylic acids is 2. The number of nitrogens with zero attached hydrogens (tertiary/aromatic N) is 1. The SMILES string of the molecule is Cc1ccc(NC(=O)COC(=O)c2cccc(C#N)c2)c(F)c1. The molecule has 0 aliphatic rings. The molecule has 2 rings (SSSR count). The fourth-order valence-corrected chi connectivity index (χ4v) is 1.84. The number of carbonyl (C=O) groups is 2. The summed E-state index contributed by atoms with van der Waals surface area (Å²) in [7, 11) is 0. The van der Waals surface area contributed by atoms with Gasteiger partial charge in [-0.15, -0.1) is 0 Å². The number of aryl methyl sites for hydroxylation is 1. The van der Waals surface area contributed by atoms with Crippen molar-refractivity contribution in [1.29, 1.82) is 5.26 Å². The van der Waals surface area contributed by atoms with Crippen molar-refractivity contribution in [2.75, 3.05) is 11.9 Å². The molecule has 0 heterocycles. The van der Waals surface area contributed by atoms with Crippen LogP contribution in [0.2, 0.25) is 0 Å². The van der Waals surface area contributed by atoms with Gasteiger partial charge in [0, 0.05) is 0 Å². The van der Waals surface area contributed by atoms with Gasteiger partial charge in [0.15, 0.2) is 6.61 Å². The topological polar surface area (TPSA) is 79.2 Å². The predicted molar refractivity (Wildman–Crippen MR) is 81.2 cm³/mol. The monoisotopic (exact) mass is 312 g/mol. The highest BCUT2D eigenvalue weighted by Gasteiger charge is 2.12. The summed E-state index contributed by atoms with van der Waals surface area (Å²) in [5.41, 5.74) is 1.22. The summed E-state index contributed by atoms with van der Waals surface area (Å²) in [6, 6.07) is 12.2. The van der Waals surface area contributed by atoms with Gasteiger partial charge in [-0.1, -0.05) is 12.1 Å². The van der Waals surface area contributed by atoms with Crippen molar-refractivity contribution < 1.29 is 18.7 Å². The average molecular weight is 312 g/mol. The Kier molecular flexibility index (Phi) is 5.05. The van der Waals surface area contributed by atoms with Gasteiger partial charge < -0.3 is 10.1 Å². The van der Waals surface area contributed by atoms with E-state index in [9.17, 15) is 14.0 Å². The van der Waals surface area contributed by atoms with Crippen molar-refractivity contribution in [3.63, 3.8) is 0 Å². The second kappa shape index (κ2) is 7.18. The van der Waals surface area contributed by atoms with E-state index in [1.54, 1.807) is 19.1 Å². The van der Waals surface area contributed by atoms with Gasteiger partial charge in [-0.25, -0.2) is 9.18 Å². The molecule has 0 aliphatic carbocycles. The van der Waals surface area contributed by atoms with Crippen LogP contribution in [0.1, 0.15) is 21.5 Å². The van der Waals surface area contributed by atoms with Gasteiger partial charge in [0.25, 0.3) is 5.91 Å². The van der Waals surface area contributed by atoms with Crippen molar-refractivity contribution >= 4 is 17.6 Å². The second-order valence-corrected chi connectivity index (χ2v) is 4.80. The molecular formula is C17H13FN2O3. The van der Waals surface area contributed by atoms with E-state index in [-0.39, 0.29) is 11.3 Å². The Balaban J connectivity index is 1.93. The molecule has 116 valence electrons. The van der Waals surface area contributed by atoms with Crippen molar-refractivity contribution in [3.8, 4) is 6.07 Å². The number of esters is 1. The molecule has 0 aromatic heterocycles. The van der Waals surface area contributed by atoms with Crippen molar-refractivity contribution in [2.24, 2.45) is 0 Å². The van der Waals surface area contributed by atoms with Gasteiger partial charge in [0.05, 0.1) is 22.9 Å². The normalized spacial score (nSPS) is 9.78. The highest BCUT2D eigenvalue weighted by Crippen LogP contribution is 2.15. The molecule has 2 aromatic carbocycles. The first-order valence-electron chi connectivity index (χ1n) is 6.73. The lowest BCUT2D eigenvalue weighted by Gasteiger charge is -2.08. The summed E-state index contributed by atoms with van der Waals surface area (Å²) in [6.45, 7) is 1.18. The van der Waals surface area contributed by atoms with E-state index >= 15 is 0 Å². The molecule has 0 bridgehead atoms. The molecule has 5 nitrogen and oxygen atoms in total. The number of nitrogens with one attached hydrogen (secondary N) is 1. The summed E-state index contributed by atoms with van der Waals surface area (Å²) < 4.78 is 18.4. The first-order valence-corrected chi connectivity index (χ1v) is 6.73. The number of halogens is 1. The third-order valence-corrected chi connectivity index (χ3v) is 2.96. The third kappa shape index (κ3) is 4.38. The van der Waals surface area contributed by atoms with Crippen LogP contribution in [0, 0.1) is 24.1 Å². The maximum atomic E-state index is 13.6. The van der Waals surface area contributed by atoms with Gasteiger partial charge in [-0.2, -0.15) is 5.26 Å². The van der Waals surface area contributed by atoms with Gasteiger partial charge in [0.1, 0.15) is 5.82 Å². The Morgan fingerprint density at radius 3 is 2.74 bits per heavy atom. The zero-order valence-electron chi connectivity index (χ0n) is 12.3. The lowest BCUT2D eigenvalue weighted by molar-refractivity contribution is -0.119. The molecule has 0 fully saturated rings. The van der Waals surface area contributed by atoms with E-state index in [2.05, 4.69) is 5.32 Å². The van der Waals surface area contributed by atoms with Gasteiger partial charge in [-0.05, 0) is 42.8 Å². The summed E-state index contributed by atoms with van der Waals surface area (Å²) in [5, 5.41) is 11.1.